The van der Waals surface area contributed by atoms with E-state index < -0.39 is 0 Å². The van der Waals surface area contributed by atoms with Crippen LogP contribution in [0.3, 0.4) is 0 Å². The van der Waals surface area contributed by atoms with E-state index in [0.717, 1.165) is 53.3 Å². The summed E-state index contributed by atoms with van der Waals surface area (Å²) in [5.74, 6) is 2.35. The van der Waals surface area contributed by atoms with Crippen molar-refractivity contribution in [3.8, 4) is 22.9 Å². The molecule has 0 aliphatic carbocycles. The van der Waals surface area contributed by atoms with Crippen LogP contribution in [0.1, 0.15) is 19.8 Å². The zero-order chi connectivity index (χ0) is 19.7. The van der Waals surface area contributed by atoms with Crippen LogP contribution in [0.4, 0.5) is 11.4 Å². The van der Waals surface area contributed by atoms with Gasteiger partial charge >= 0.3 is 0 Å². The Bertz CT molecular complexity index is 1050. The Hall–Kier alpha value is -3.42. The lowest BCUT2D eigenvalue weighted by atomic mass is 10.1. The number of guanidine groups is 1. The van der Waals surface area contributed by atoms with Gasteiger partial charge in [-0.3, -0.25) is 0 Å². The Morgan fingerprint density at radius 2 is 2.11 bits per heavy atom. The number of aryl methyl sites for hydroxylation is 1. The molecule has 0 fully saturated rings. The summed E-state index contributed by atoms with van der Waals surface area (Å²) in [5, 5.41) is 0. The number of hydrogen-bond donors (Lipinski definition) is 3. The Labute approximate surface area is 162 Å². The van der Waals surface area contributed by atoms with Crippen molar-refractivity contribution in [3.05, 3.63) is 30.3 Å². The van der Waals surface area contributed by atoms with E-state index in [1.165, 1.54) is 0 Å². The van der Waals surface area contributed by atoms with Gasteiger partial charge < -0.3 is 31.2 Å². The first-order chi connectivity index (χ1) is 13.6. The van der Waals surface area contributed by atoms with Crippen molar-refractivity contribution in [2.45, 2.75) is 26.3 Å². The van der Waals surface area contributed by atoms with Crippen molar-refractivity contribution in [1.82, 2.24) is 9.55 Å². The Kier molecular flexibility index (Phi) is 4.68. The second-order valence-corrected chi connectivity index (χ2v) is 6.68. The molecule has 0 amide bonds. The van der Waals surface area contributed by atoms with Crippen molar-refractivity contribution in [1.29, 1.82) is 0 Å². The molecule has 0 unspecified atom stereocenters. The topological polar surface area (TPSA) is 127 Å². The van der Waals surface area contributed by atoms with Gasteiger partial charge in [0.2, 0.25) is 0 Å². The number of nitrogens with zero attached hydrogens (tertiary/aromatic N) is 3. The molecule has 28 heavy (non-hydrogen) atoms. The zero-order valence-corrected chi connectivity index (χ0v) is 15.8. The fourth-order valence-corrected chi connectivity index (χ4v) is 3.49. The molecule has 8 nitrogen and oxygen atoms in total. The number of aliphatic imine (C=N–C) groups is 1. The van der Waals surface area contributed by atoms with Crippen LogP contribution in [0.5, 0.6) is 11.5 Å². The minimum atomic E-state index is -0.0286. The predicted molar refractivity (Wildman–Crippen MR) is 111 cm³/mol. The summed E-state index contributed by atoms with van der Waals surface area (Å²) < 4.78 is 13.9. The van der Waals surface area contributed by atoms with Crippen molar-refractivity contribution in [2.24, 2.45) is 16.5 Å². The highest BCUT2D eigenvalue weighted by atomic mass is 16.5. The number of nitrogens with two attached hydrogens (primary N) is 3. The van der Waals surface area contributed by atoms with Crippen LogP contribution in [0.2, 0.25) is 0 Å². The van der Waals surface area contributed by atoms with Gasteiger partial charge in [-0.2, -0.15) is 0 Å². The quantitative estimate of drug-likeness (QED) is 0.363. The molecule has 0 saturated carbocycles. The van der Waals surface area contributed by atoms with E-state index in [1.807, 2.05) is 31.2 Å². The van der Waals surface area contributed by atoms with Crippen LogP contribution in [0.25, 0.3) is 22.4 Å². The van der Waals surface area contributed by atoms with E-state index in [2.05, 4.69) is 9.56 Å². The Morgan fingerprint density at radius 3 is 2.86 bits per heavy atom. The van der Waals surface area contributed by atoms with Gasteiger partial charge in [0.05, 0.1) is 30.1 Å². The first-order valence-electron chi connectivity index (χ1n) is 9.36. The fourth-order valence-electron chi connectivity index (χ4n) is 3.49. The van der Waals surface area contributed by atoms with E-state index >= 15 is 0 Å². The number of anilines is 1. The van der Waals surface area contributed by atoms with Crippen molar-refractivity contribution in [3.63, 3.8) is 0 Å². The molecule has 6 N–H and O–H groups in total. The highest BCUT2D eigenvalue weighted by Crippen LogP contribution is 2.37. The molecule has 0 radical (unpaired) electrons. The van der Waals surface area contributed by atoms with E-state index in [9.17, 15) is 0 Å². The summed E-state index contributed by atoms with van der Waals surface area (Å²) in [4.78, 5) is 8.92. The molecular weight excluding hydrogens is 356 g/mol. The average molecular weight is 380 g/mol. The van der Waals surface area contributed by atoms with Gasteiger partial charge in [-0.1, -0.05) is 0 Å². The lowest BCUT2D eigenvalue weighted by molar-refractivity contribution is 0.294. The molecule has 1 aliphatic rings. The number of rotatable bonds is 4. The maximum absolute atomic E-state index is 6.16. The predicted octanol–water partition coefficient (Wildman–Crippen LogP) is 2.76. The van der Waals surface area contributed by atoms with Crippen LogP contribution < -0.4 is 26.7 Å². The Morgan fingerprint density at radius 1 is 1.25 bits per heavy atom. The summed E-state index contributed by atoms with van der Waals surface area (Å²) in [6.07, 6.45) is 1.98. The summed E-state index contributed by atoms with van der Waals surface area (Å²) in [6.45, 7) is 4.08. The lowest BCUT2D eigenvalue weighted by Crippen LogP contribution is -2.22. The monoisotopic (exact) mass is 380 g/mol. The van der Waals surface area contributed by atoms with Crippen molar-refractivity contribution < 1.29 is 9.47 Å². The first-order valence-corrected chi connectivity index (χ1v) is 9.36. The fraction of sp³-hybridized carbons (Fsp3) is 0.300. The molecule has 146 valence electrons. The highest BCUT2D eigenvalue weighted by molar-refractivity contribution is 5.89. The van der Waals surface area contributed by atoms with Crippen molar-refractivity contribution in [2.75, 3.05) is 18.9 Å². The second-order valence-electron chi connectivity index (χ2n) is 6.68. The van der Waals surface area contributed by atoms with E-state index in [0.29, 0.717) is 24.6 Å². The molecular formula is C20H24N6O2. The van der Waals surface area contributed by atoms with Crippen LogP contribution in [-0.4, -0.2) is 28.7 Å². The molecule has 0 spiro atoms. The molecule has 0 atom stereocenters. The van der Waals surface area contributed by atoms with Crippen LogP contribution in [-0.2, 0) is 6.54 Å². The number of benzene rings is 2. The van der Waals surface area contributed by atoms with Crippen LogP contribution in [0.15, 0.2) is 35.3 Å². The summed E-state index contributed by atoms with van der Waals surface area (Å²) >= 11 is 0. The Balaban J connectivity index is 1.89. The smallest absolute Gasteiger partial charge is 0.191 e. The number of aromatic nitrogens is 2. The van der Waals surface area contributed by atoms with Gasteiger partial charge in [-0.15, -0.1) is 0 Å². The van der Waals surface area contributed by atoms with Gasteiger partial charge in [-0.05, 0) is 38.0 Å². The largest absolute Gasteiger partial charge is 0.494 e. The van der Waals surface area contributed by atoms with Crippen LogP contribution in [0, 0.1) is 0 Å². The minimum absolute atomic E-state index is 0.0286. The maximum Gasteiger partial charge on any atom is 0.191 e. The average Bonchev–Trinajstić information content (AvgIpc) is 2.99. The number of imidazole rings is 1. The molecule has 0 bridgehead atoms. The van der Waals surface area contributed by atoms with Crippen molar-refractivity contribution >= 4 is 28.4 Å². The normalized spacial score (nSPS) is 13.5. The summed E-state index contributed by atoms with van der Waals surface area (Å²) in [6, 6.07) is 9.45. The van der Waals surface area contributed by atoms with E-state index in [-0.39, 0.29) is 5.96 Å². The third-order valence-electron chi connectivity index (χ3n) is 4.66. The van der Waals surface area contributed by atoms with E-state index in [1.54, 1.807) is 6.07 Å². The number of hydrogen-bond acceptors (Lipinski definition) is 5. The minimum Gasteiger partial charge on any atom is -0.494 e. The molecule has 2 aromatic carbocycles. The number of nitrogen functional groups attached to an aromatic ring is 1. The molecule has 4 rings (SSSR count). The second kappa shape index (κ2) is 7.30. The summed E-state index contributed by atoms with van der Waals surface area (Å²) in [5.41, 5.74) is 20.8. The molecule has 0 saturated heterocycles. The SMILES string of the molecule is CCOc1cc2c3c(c1)nc(-c1ccc(N=C(N)N)c(N)c1)n3CCCCO2. The highest BCUT2D eigenvalue weighted by Gasteiger charge is 2.20. The van der Waals surface area contributed by atoms with E-state index in [4.69, 9.17) is 31.7 Å². The van der Waals surface area contributed by atoms with Crippen LogP contribution >= 0.6 is 0 Å². The van der Waals surface area contributed by atoms with Gasteiger partial charge in [0, 0.05) is 24.2 Å². The van der Waals surface area contributed by atoms with Gasteiger partial charge in [-0.25, -0.2) is 9.98 Å². The lowest BCUT2D eigenvalue weighted by Gasteiger charge is -2.17. The van der Waals surface area contributed by atoms with Gasteiger partial charge in [0.25, 0.3) is 0 Å². The molecule has 1 aromatic heterocycles. The third-order valence-corrected chi connectivity index (χ3v) is 4.66. The third kappa shape index (κ3) is 3.28. The molecule has 3 aromatic rings. The summed E-state index contributed by atoms with van der Waals surface area (Å²) in [7, 11) is 0. The van der Waals surface area contributed by atoms with Gasteiger partial charge in [0.1, 0.15) is 22.8 Å². The molecule has 1 aliphatic heterocycles. The first kappa shape index (κ1) is 18.0. The molecule has 2 heterocycles. The number of ether oxygens (including phenoxy) is 2. The zero-order valence-electron chi connectivity index (χ0n) is 15.8. The van der Waals surface area contributed by atoms with Gasteiger partial charge in [0.15, 0.2) is 5.96 Å². The molecule has 8 heteroatoms. The maximum atomic E-state index is 6.16. The standard InChI is InChI=1S/C20H24N6O2/c1-2-27-13-10-16-18-17(11-13)28-8-4-3-7-26(18)19(24-16)12-5-6-15(14(21)9-12)25-20(22)23/h5-6,9-11H,2-4,7-8,21H2,1H3,(H4,22,23,25).